The van der Waals surface area contributed by atoms with Gasteiger partial charge in [-0.05, 0) is 13.8 Å². The molecule has 0 saturated heterocycles. The van der Waals surface area contributed by atoms with Gasteiger partial charge in [0.15, 0.2) is 5.84 Å². The maximum Gasteiger partial charge on any atom is 0.344 e. The molecule has 0 spiro atoms. The van der Waals surface area contributed by atoms with E-state index in [-0.39, 0.29) is 24.6 Å². The molecule has 0 radical (unpaired) electrons. The van der Waals surface area contributed by atoms with Crippen LogP contribution in [0.2, 0.25) is 0 Å². The van der Waals surface area contributed by atoms with Gasteiger partial charge in [0.05, 0.1) is 31.4 Å². The average molecular weight is 586 g/mol. The van der Waals surface area contributed by atoms with Gasteiger partial charge in [-0.15, -0.1) is 0 Å². The molecule has 1 N–H and O–H groups in total. The molecule has 0 atom stereocenters. The molecule has 0 amide bonds. The Balaban J connectivity index is 2.23. The topological polar surface area (TPSA) is 120 Å². The summed E-state index contributed by atoms with van der Waals surface area (Å²) in [5.41, 5.74) is -1.99. The van der Waals surface area contributed by atoms with E-state index in [1.54, 1.807) is 13.8 Å². The van der Waals surface area contributed by atoms with Crippen LogP contribution >= 0.6 is 7.05 Å². The minimum Gasteiger partial charge on any atom is -0.494 e. The van der Waals surface area contributed by atoms with Crippen LogP contribution in [0.3, 0.4) is 0 Å². The summed E-state index contributed by atoms with van der Waals surface area (Å²) in [5.74, 6) is -2.77. The second-order valence-electron chi connectivity index (χ2n) is 9.04. The largest absolute Gasteiger partial charge is 0.494 e. The number of amidine groups is 1. The number of aromatic hydroxyl groups is 1. The molecular formula is C32H32N3O6P. The zero-order valence-electron chi connectivity index (χ0n) is 23.9. The highest BCUT2D eigenvalue weighted by Crippen LogP contribution is 2.47. The number of hydrogen-bond donors (Lipinski definition) is 1. The van der Waals surface area contributed by atoms with E-state index in [4.69, 9.17) is 14.2 Å². The van der Waals surface area contributed by atoms with Gasteiger partial charge in [0.2, 0.25) is 5.88 Å². The molecule has 0 saturated carbocycles. The molecular weight excluding hydrogens is 553 g/mol. The number of benzene rings is 3. The lowest BCUT2D eigenvalue weighted by molar-refractivity contribution is 0.0473. The maximum atomic E-state index is 13.9. The van der Waals surface area contributed by atoms with E-state index >= 15 is 0 Å². The van der Waals surface area contributed by atoms with Crippen molar-refractivity contribution in [3.05, 3.63) is 118 Å². The van der Waals surface area contributed by atoms with Gasteiger partial charge in [0.25, 0.3) is 5.56 Å². The molecule has 0 aliphatic heterocycles. The van der Waals surface area contributed by atoms with Gasteiger partial charge in [-0.1, -0.05) is 91.0 Å². The summed E-state index contributed by atoms with van der Waals surface area (Å²) >= 11 is 0. The average Bonchev–Trinajstić information content (AvgIpc) is 3.02. The highest BCUT2D eigenvalue weighted by Gasteiger charge is 2.35. The molecule has 1 aromatic heterocycles. The smallest absolute Gasteiger partial charge is 0.344 e. The molecule has 0 aliphatic carbocycles. The monoisotopic (exact) mass is 585 g/mol. The second-order valence-corrected chi connectivity index (χ2v) is 12.1. The van der Waals surface area contributed by atoms with Crippen molar-refractivity contribution in [2.45, 2.75) is 13.8 Å². The zero-order chi connectivity index (χ0) is 30.3. The van der Waals surface area contributed by atoms with Gasteiger partial charge >= 0.3 is 11.9 Å². The Morgan fingerprint density at radius 2 is 1.14 bits per heavy atom. The number of aromatic nitrogens is 1. The third-order valence-electron chi connectivity index (χ3n) is 6.59. The van der Waals surface area contributed by atoms with Crippen LogP contribution in [-0.4, -0.2) is 47.7 Å². The Labute approximate surface area is 244 Å². The lowest BCUT2D eigenvalue weighted by atomic mass is 10.0. The Bertz CT molecular complexity index is 1630. The van der Waals surface area contributed by atoms with Crippen molar-refractivity contribution in [3.63, 3.8) is 0 Å². The summed E-state index contributed by atoms with van der Waals surface area (Å²) in [7, 11) is -0.190. The van der Waals surface area contributed by atoms with E-state index in [1.165, 1.54) is 14.1 Å². The number of esters is 2. The molecule has 216 valence electrons. The number of carbonyl (C=O) groups excluding carboxylic acids is 2. The summed E-state index contributed by atoms with van der Waals surface area (Å²) < 4.78 is 16.6. The lowest BCUT2D eigenvalue weighted by Crippen LogP contribution is -2.33. The number of rotatable bonds is 8. The van der Waals surface area contributed by atoms with E-state index in [9.17, 15) is 19.5 Å². The first-order chi connectivity index (χ1) is 20.3. The number of nitrogens with zero attached hydrogens (tertiary/aromatic N) is 3. The highest BCUT2D eigenvalue weighted by molar-refractivity contribution is 7.87. The predicted octanol–water partition coefficient (Wildman–Crippen LogP) is 4.00. The Hall–Kier alpha value is -4.75. The fourth-order valence-corrected chi connectivity index (χ4v) is 8.21. The number of pyridine rings is 1. The number of ether oxygens (including phenoxy) is 2. The van der Waals surface area contributed by atoms with Gasteiger partial charge < -0.3 is 14.6 Å². The fourth-order valence-electron chi connectivity index (χ4n) is 4.69. The van der Waals surface area contributed by atoms with Crippen molar-refractivity contribution >= 4 is 40.7 Å². The third-order valence-corrected chi connectivity index (χ3v) is 10.2. The van der Waals surface area contributed by atoms with Crippen molar-refractivity contribution in [3.8, 4) is 5.88 Å². The first kappa shape index (κ1) is 30.2. The van der Waals surface area contributed by atoms with Crippen LogP contribution in [0.5, 0.6) is 5.88 Å². The zero-order valence-corrected chi connectivity index (χ0v) is 24.7. The minimum absolute atomic E-state index is 0.0253. The van der Waals surface area contributed by atoms with E-state index in [2.05, 4.69) is 4.99 Å². The summed E-state index contributed by atoms with van der Waals surface area (Å²) in [4.78, 5) is 44.8. The molecule has 10 heteroatoms. The van der Waals surface area contributed by atoms with Crippen molar-refractivity contribution in [1.29, 1.82) is 0 Å². The lowest BCUT2D eigenvalue weighted by Gasteiger charge is -2.27. The SMILES string of the molecule is CCOC(=O)c1c(C(=O)OCC)c(O)n(C)c(=O)c1C(=NC)N=P(c1ccccc1)(c1ccccc1)c1ccccc1. The number of carbonyl (C=O) groups is 2. The molecule has 9 nitrogen and oxygen atoms in total. The van der Waals surface area contributed by atoms with Crippen LogP contribution < -0.4 is 21.5 Å². The standard InChI is InChI=1S/C32H32N3O6P/c1-5-40-31(38)25-26(29(36)35(4)30(37)27(25)32(39)41-6-2)28(33-3)34-42(22-16-10-7-11-17-22,23-18-12-8-13-19-23)24-20-14-9-15-21-24/h7-21,37H,5-6H2,1-4H3. The van der Waals surface area contributed by atoms with Crippen LogP contribution in [0, 0.1) is 0 Å². The first-order valence-electron chi connectivity index (χ1n) is 13.4. The number of hydrogen-bond acceptors (Lipinski definition) is 7. The molecule has 0 aliphatic rings. The van der Waals surface area contributed by atoms with Crippen LogP contribution in [0.15, 0.2) is 106 Å². The molecule has 4 rings (SSSR count). The van der Waals surface area contributed by atoms with E-state index in [1.807, 2.05) is 91.0 Å². The molecule has 1 heterocycles. The van der Waals surface area contributed by atoms with Gasteiger partial charge in [0.1, 0.15) is 5.56 Å². The van der Waals surface area contributed by atoms with Crippen LogP contribution in [0.4, 0.5) is 0 Å². The molecule has 3 aromatic carbocycles. The highest BCUT2D eigenvalue weighted by atomic mass is 31.2. The Morgan fingerprint density at radius 1 is 0.738 bits per heavy atom. The molecule has 0 bridgehead atoms. The van der Waals surface area contributed by atoms with Gasteiger partial charge in [-0.3, -0.25) is 14.4 Å². The molecule has 4 aromatic rings. The van der Waals surface area contributed by atoms with Crippen LogP contribution in [0.1, 0.15) is 40.1 Å². The summed E-state index contributed by atoms with van der Waals surface area (Å²) in [6, 6.07) is 29.0. The summed E-state index contributed by atoms with van der Waals surface area (Å²) in [5, 5.41) is 13.5. The van der Waals surface area contributed by atoms with E-state index in [0.29, 0.717) is 0 Å². The van der Waals surface area contributed by atoms with Crippen LogP contribution in [0.25, 0.3) is 0 Å². The van der Waals surface area contributed by atoms with Gasteiger partial charge in [-0.25, -0.2) is 14.3 Å². The molecule has 0 unspecified atom stereocenters. The molecule has 0 fully saturated rings. The van der Waals surface area contributed by atoms with E-state index in [0.717, 1.165) is 20.5 Å². The quantitative estimate of drug-likeness (QED) is 0.145. The summed E-state index contributed by atoms with van der Waals surface area (Å²) in [6.07, 6.45) is 0. The predicted molar refractivity (Wildman–Crippen MR) is 165 cm³/mol. The normalized spacial score (nSPS) is 11.6. The van der Waals surface area contributed by atoms with Crippen molar-refractivity contribution in [2.75, 3.05) is 20.3 Å². The van der Waals surface area contributed by atoms with Gasteiger partial charge in [-0.2, -0.15) is 0 Å². The van der Waals surface area contributed by atoms with E-state index < -0.39 is 41.6 Å². The van der Waals surface area contributed by atoms with Crippen molar-refractivity contribution < 1.29 is 24.2 Å². The summed E-state index contributed by atoms with van der Waals surface area (Å²) in [6.45, 7) is 3.12. The Morgan fingerprint density at radius 3 is 1.52 bits per heavy atom. The minimum atomic E-state index is -2.94. The first-order valence-corrected chi connectivity index (χ1v) is 15.1. The second kappa shape index (κ2) is 13.3. The van der Waals surface area contributed by atoms with Gasteiger partial charge in [0, 0.05) is 30.0 Å². The Kier molecular flexibility index (Phi) is 9.55. The third kappa shape index (κ3) is 5.56. The van der Waals surface area contributed by atoms with Crippen LogP contribution in [-0.2, 0) is 16.5 Å². The van der Waals surface area contributed by atoms with Crippen molar-refractivity contribution in [2.24, 2.45) is 16.8 Å². The maximum absolute atomic E-state index is 13.9. The number of aliphatic imine (C=N–C) groups is 1. The molecule has 42 heavy (non-hydrogen) atoms. The van der Waals surface area contributed by atoms with Crippen molar-refractivity contribution in [1.82, 2.24) is 4.57 Å². The fraction of sp³-hybridized carbons (Fsp3) is 0.188.